The topological polar surface area (TPSA) is 149 Å². The highest BCUT2D eigenvalue weighted by Crippen LogP contribution is 2.29. The summed E-state index contributed by atoms with van der Waals surface area (Å²) in [6.07, 6.45) is -0.580. The van der Waals surface area contributed by atoms with Gasteiger partial charge in [0, 0.05) is 23.9 Å². The average Bonchev–Trinajstić information content (AvgIpc) is 2.89. The number of para-hydroxylation sites is 1. The van der Waals surface area contributed by atoms with Crippen LogP contribution in [0.5, 0.6) is 5.75 Å². The molecule has 0 aliphatic carbocycles. The van der Waals surface area contributed by atoms with E-state index in [9.17, 15) is 24.5 Å². The second-order valence-electron chi connectivity index (χ2n) is 8.38. The molecule has 0 fully saturated rings. The van der Waals surface area contributed by atoms with Gasteiger partial charge in [-0.15, -0.1) is 0 Å². The molecule has 3 aromatic carbocycles. The van der Waals surface area contributed by atoms with Gasteiger partial charge in [-0.1, -0.05) is 30.3 Å². The number of nitro benzene ring substituents is 1. The highest BCUT2D eigenvalue weighted by atomic mass is 16.6. The Bertz CT molecular complexity index is 1330. The number of hydrogen-bond acceptors (Lipinski definition) is 8. The maximum absolute atomic E-state index is 12.4. The number of carbonyl (C=O) groups is 3. The summed E-state index contributed by atoms with van der Waals surface area (Å²) in [5.74, 6) is -0.885. The van der Waals surface area contributed by atoms with E-state index in [1.165, 1.54) is 19.2 Å². The molecular weight excluding hydrogens is 492 g/mol. The van der Waals surface area contributed by atoms with Gasteiger partial charge in [0.05, 0.1) is 24.1 Å². The van der Waals surface area contributed by atoms with Crippen LogP contribution in [0, 0.1) is 17.0 Å². The third-order valence-corrected chi connectivity index (χ3v) is 5.47. The number of esters is 1. The Labute approximate surface area is 219 Å². The Morgan fingerprint density at radius 3 is 2.37 bits per heavy atom. The lowest BCUT2D eigenvalue weighted by Crippen LogP contribution is -2.36. The molecule has 2 amide bonds. The van der Waals surface area contributed by atoms with Gasteiger partial charge in [-0.25, -0.2) is 9.59 Å². The molecule has 3 aromatic rings. The quantitative estimate of drug-likeness (QED) is 0.145. The summed E-state index contributed by atoms with van der Waals surface area (Å²) in [7, 11) is 1.18. The molecule has 38 heavy (non-hydrogen) atoms. The molecule has 3 N–H and O–H groups in total. The van der Waals surface area contributed by atoms with Crippen LogP contribution < -0.4 is 20.7 Å². The minimum absolute atomic E-state index is 0.0236. The molecule has 0 bridgehead atoms. The van der Waals surface area contributed by atoms with Gasteiger partial charge in [0.25, 0.3) is 0 Å². The van der Waals surface area contributed by atoms with Crippen molar-refractivity contribution in [1.29, 1.82) is 0 Å². The SMILES string of the molecule is COC(=O)c1ccc(OC(C)NCC(=O)Cc2ccc(NC(=O)Nc3ccccc3C)cc2)c([N+](=O)[O-])c1. The molecule has 0 aliphatic heterocycles. The Kier molecular flexibility index (Phi) is 9.49. The third kappa shape index (κ3) is 7.87. The largest absolute Gasteiger partial charge is 0.468 e. The number of amides is 2. The van der Waals surface area contributed by atoms with Crippen molar-refractivity contribution in [2.45, 2.75) is 26.5 Å². The summed E-state index contributed by atoms with van der Waals surface area (Å²) in [6, 6.07) is 17.7. The number of carbonyl (C=O) groups excluding carboxylic acids is 3. The fourth-order valence-corrected chi connectivity index (χ4v) is 3.49. The van der Waals surface area contributed by atoms with E-state index in [1.54, 1.807) is 31.2 Å². The number of nitro groups is 1. The van der Waals surface area contributed by atoms with Crippen LogP contribution in [-0.4, -0.2) is 42.6 Å². The first-order valence-electron chi connectivity index (χ1n) is 11.7. The molecule has 1 unspecified atom stereocenters. The molecule has 0 radical (unpaired) electrons. The second-order valence-corrected chi connectivity index (χ2v) is 8.38. The first-order chi connectivity index (χ1) is 18.2. The molecule has 198 valence electrons. The normalized spacial score (nSPS) is 11.2. The number of methoxy groups -OCH3 is 1. The molecule has 0 aliphatic rings. The number of nitrogens with zero attached hydrogens (tertiary/aromatic N) is 1. The molecule has 0 saturated carbocycles. The molecule has 1 atom stereocenters. The summed E-state index contributed by atoms with van der Waals surface area (Å²) in [5, 5.41) is 19.8. The van der Waals surface area contributed by atoms with Crippen LogP contribution in [0.15, 0.2) is 66.7 Å². The Balaban J connectivity index is 1.48. The van der Waals surface area contributed by atoms with E-state index in [0.29, 0.717) is 11.4 Å². The van der Waals surface area contributed by atoms with Crippen molar-refractivity contribution in [2.24, 2.45) is 0 Å². The van der Waals surface area contributed by atoms with Crippen LogP contribution in [0.4, 0.5) is 21.9 Å². The Morgan fingerprint density at radius 1 is 1.00 bits per heavy atom. The van der Waals surface area contributed by atoms with Crippen molar-refractivity contribution in [3.8, 4) is 5.75 Å². The second kappa shape index (κ2) is 13.0. The first-order valence-corrected chi connectivity index (χ1v) is 11.7. The zero-order valence-electron chi connectivity index (χ0n) is 21.1. The van der Waals surface area contributed by atoms with Crippen molar-refractivity contribution in [3.05, 3.63) is 93.5 Å². The Morgan fingerprint density at radius 2 is 1.71 bits per heavy atom. The van der Waals surface area contributed by atoms with E-state index in [0.717, 1.165) is 17.2 Å². The van der Waals surface area contributed by atoms with Gasteiger partial charge < -0.3 is 20.1 Å². The van der Waals surface area contributed by atoms with E-state index in [1.807, 2.05) is 31.2 Å². The lowest BCUT2D eigenvalue weighted by molar-refractivity contribution is -0.386. The first kappa shape index (κ1) is 27.8. The van der Waals surface area contributed by atoms with E-state index in [-0.39, 0.29) is 36.1 Å². The molecule has 11 nitrogen and oxygen atoms in total. The van der Waals surface area contributed by atoms with Gasteiger partial charge in [0.15, 0.2) is 11.5 Å². The Hall–Kier alpha value is -4.77. The van der Waals surface area contributed by atoms with Gasteiger partial charge >= 0.3 is 17.7 Å². The average molecular weight is 521 g/mol. The molecular formula is C27H28N4O7. The van der Waals surface area contributed by atoms with E-state index in [2.05, 4.69) is 20.7 Å². The lowest BCUT2D eigenvalue weighted by Gasteiger charge is -2.16. The molecule has 3 rings (SSSR count). The number of rotatable bonds is 11. The zero-order chi connectivity index (χ0) is 27.7. The number of benzene rings is 3. The number of anilines is 2. The number of urea groups is 1. The van der Waals surface area contributed by atoms with Crippen LogP contribution in [0.25, 0.3) is 0 Å². The maximum atomic E-state index is 12.4. The minimum atomic E-state index is -0.722. The van der Waals surface area contributed by atoms with Crippen molar-refractivity contribution < 1.29 is 28.8 Å². The summed E-state index contributed by atoms with van der Waals surface area (Å²) >= 11 is 0. The van der Waals surface area contributed by atoms with Crippen molar-refractivity contribution in [2.75, 3.05) is 24.3 Å². The third-order valence-electron chi connectivity index (χ3n) is 5.47. The van der Waals surface area contributed by atoms with Crippen LogP contribution >= 0.6 is 0 Å². The van der Waals surface area contributed by atoms with Crippen molar-refractivity contribution in [1.82, 2.24) is 5.32 Å². The molecule has 0 aromatic heterocycles. The molecule has 0 heterocycles. The summed E-state index contributed by atoms with van der Waals surface area (Å²) in [6.45, 7) is 3.47. The summed E-state index contributed by atoms with van der Waals surface area (Å²) in [5.41, 5.74) is 2.62. The standard InChI is InChI=1S/C27H28N4O7/c1-17-6-4-5-7-23(17)30-27(34)29-21-11-8-19(9-12-21)14-22(32)16-28-18(2)38-25-13-10-20(26(33)37-3)15-24(25)31(35)36/h4-13,15,18,28H,14,16H2,1-3H3,(H2,29,30,34). The van der Waals surface area contributed by atoms with Gasteiger partial charge in [-0.2, -0.15) is 0 Å². The van der Waals surface area contributed by atoms with E-state index < -0.39 is 22.8 Å². The van der Waals surface area contributed by atoms with Crippen molar-refractivity contribution >= 4 is 34.8 Å². The fraction of sp³-hybridized carbons (Fsp3) is 0.222. The highest BCUT2D eigenvalue weighted by Gasteiger charge is 2.21. The number of nitrogens with one attached hydrogen (secondary N) is 3. The molecule has 0 saturated heterocycles. The van der Waals surface area contributed by atoms with Gasteiger partial charge in [0.2, 0.25) is 0 Å². The van der Waals surface area contributed by atoms with Crippen LogP contribution in [0.3, 0.4) is 0 Å². The number of hydrogen-bond donors (Lipinski definition) is 3. The maximum Gasteiger partial charge on any atom is 0.338 e. The summed E-state index contributed by atoms with van der Waals surface area (Å²) in [4.78, 5) is 47.0. The summed E-state index contributed by atoms with van der Waals surface area (Å²) < 4.78 is 10.2. The van der Waals surface area contributed by atoms with Crippen LogP contribution in [0.1, 0.15) is 28.4 Å². The molecule has 11 heteroatoms. The number of aryl methyl sites for hydroxylation is 1. The predicted octanol–water partition coefficient (Wildman–Crippen LogP) is 4.46. The van der Waals surface area contributed by atoms with Crippen LogP contribution in [-0.2, 0) is 16.0 Å². The number of ketones is 1. The van der Waals surface area contributed by atoms with E-state index >= 15 is 0 Å². The highest BCUT2D eigenvalue weighted by molar-refractivity contribution is 6.00. The predicted molar refractivity (Wildman–Crippen MR) is 142 cm³/mol. The van der Waals surface area contributed by atoms with Gasteiger partial charge in [-0.3, -0.25) is 20.2 Å². The monoisotopic (exact) mass is 520 g/mol. The van der Waals surface area contributed by atoms with Gasteiger partial charge in [0.1, 0.15) is 6.23 Å². The van der Waals surface area contributed by atoms with Crippen molar-refractivity contribution in [3.63, 3.8) is 0 Å². The smallest absolute Gasteiger partial charge is 0.338 e. The number of Topliss-reactive ketones (excluding diaryl/α,β-unsaturated/α-hetero) is 1. The van der Waals surface area contributed by atoms with Crippen LogP contribution in [0.2, 0.25) is 0 Å². The molecule has 0 spiro atoms. The minimum Gasteiger partial charge on any atom is -0.468 e. The van der Waals surface area contributed by atoms with Gasteiger partial charge in [-0.05, 0) is 55.3 Å². The number of ether oxygens (including phenoxy) is 2. The zero-order valence-corrected chi connectivity index (χ0v) is 21.1. The lowest BCUT2D eigenvalue weighted by atomic mass is 10.1. The van der Waals surface area contributed by atoms with E-state index in [4.69, 9.17) is 4.74 Å². The fourth-order valence-electron chi connectivity index (χ4n) is 3.49.